The molecule has 0 saturated heterocycles. The molecule has 0 amide bonds. The number of fused-ring (bicyclic) bond motifs is 1. The predicted molar refractivity (Wildman–Crippen MR) is 41.9 cm³/mol. The second-order valence-corrected chi connectivity index (χ2v) is 2.49. The summed E-state index contributed by atoms with van der Waals surface area (Å²) in [5.41, 5.74) is 1.70. The van der Waals surface area contributed by atoms with Crippen LogP contribution in [0.15, 0.2) is 16.9 Å². The average molecular weight is 162 g/mol. The number of hydrogen-bond acceptors (Lipinski definition) is 4. The van der Waals surface area contributed by atoms with Crippen molar-refractivity contribution >= 4 is 17.3 Å². The lowest BCUT2D eigenvalue weighted by Gasteiger charge is -1.88. The number of carbonyl (C=O) groups is 1. The number of rotatable bonds is 1. The van der Waals surface area contributed by atoms with Crippen LogP contribution in [0.5, 0.6) is 0 Å². The molecule has 0 aliphatic rings. The second kappa shape index (κ2) is 2.41. The molecular formula is C8H6N2O2. The number of hydrogen-bond donors (Lipinski definition) is 0. The van der Waals surface area contributed by atoms with E-state index in [2.05, 4.69) is 10.1 Å². The Morgan fingerprint density at radius 1 is 1.50 bits per heavy atom. The van der Waals surface area contributed by atoms with Crippen molar-refractivity contribution in [3.8, 4) is 0 Å². The fourth-order valence-electron chi connectivity index (χ4n) is 1.07. The lowest BCUT2D eigenvalue weighted by atomic mass is 10.2. The molecule has 0 fully saturated rings. The van der Waals surface area contributed by atoms with Gasteiger partial charge in [0.25, 0.3) is 0 Å². The van der Waals surface area contributed by atoms with Gasteiger partial charge in [-0.1, -0.05) is 5.16 Å². The Labute approximate surface area is 68.2 Å². The van der Waals surface area contributed by atoms with Crippen molar-refractivity contribution in [2.75, 3.05) is 0 Å². The molecule has 0 radical (unpaired) electrons. The van der Waals surface area contributed by atoms with Crippen molar-refractivity contribution in [1.29, 1.82) is 0 Å². The molecule has 60 valence electrons. The summed E-state index contributed by atoms with van der Waals surface area (Å²) < 4.78 is 4.95. The molecule has 2 aromatic rings. The van der Waals surface area contributed by atoms with Gasteiger partial charge in [0.05, 0.1) is 16.6 Å². The van der Waals surface area contributed by atoms with Gasteiger partial charge in [-0.15, -0.1) is 0 Å². The number of nitrogens with zero attached hydrogens (tertiary/aromatic N) is 2. The minimum atomic E-state index is 0.438. The fourth-order valence-corrected chi connectivity index (χ4v) is 1.07. The van der Waals surface area contributed by atoms with Crippen LogP contribution in [0, 0.1) is 6.92 Å². The Hall–Kier alpha value is -1.71. The third-order valence-corrected chi connectivity index (χ3v) is 1.71. The molecule has 0 aromatic carbocycles. The van der Waals surface area contributed by atoms with Crippen molar-refractivity contribution in [2.45, 2.75) is 6.92 Å². The lowest BCUT2D eigenvalue weighted by molar-refractivity contribution is 0.112. The van der Waals surface area contributed by atoms with Crippen molar-refractivity contribution in [1.82, 2.24) is 10.1 Å². The van der Waals surface area contributed by atoms with Gasteiger partial charge >= 0.3 is 0 Å². The molecule has 2 heterocycles. The maximum Gasteiger partial charge on any atom is 0.180 e. The largest absolute Gasteiger partial charge is 0.355 e. The van der Waals surface area contributed by atoms with Gasteiger partial charge in [0.15, 0.2) is 11.9 Å². The second-order valence-electron chi connectivity index (χ2n) is 2.49. The van der Waals surface area contributed by atoms with Gasteiger partial charge < -0.3 is 4.52 Å². The quantitative estimate of drug-likeness (QED) is 0.594. The number of aromatic nitrogens is 2. The first kappa shape index (κ1) is 6.97. The van der Waals surface area contributed by atoms with Gasteiger partial charge in [-0.05, 0) is 6.92 Å². The van der Waals surface area contributed by atoms with Gasteiger partial charge in [0.2, 0.25) is 0 Å². The average Bonchev–Trinajstić information content (AvgIpc) is 2.48. The van der Waals surface area contributed by atoms with Gasteiger partial charge in [-0.2, -0.15) is 0 Å². The molecule has 0 aliphatic carbocycles. The first-order valence-electron chi connectivity index (χ1n) is 3.48. The van der Waals surface area contributed by atoms with Crippen LogP contribution in [-0.2, 0) is 0 Å². The molecule has 12 heavy (non-hydrogen) atoms. The number of carbonyl (C=O) groups excluding carboxylic acids is 1. The van der Waals surface area contributed by atoms with Crippen molar-refractivity contribution in [3.05, 3.63) is 23.7 Å². The van der Waals surface area contributed by atoms with Crippen molar-refractivity contribution in [3.63, 3.8) is 0 Å². The Balaban J connectivity index is 2.89. The van der Waals surface area contributed by atoms with Crippen LogP contribution in [-0.4, -0.2) is 16.4 Å². The van der Waals surface area contributed by atoms with E-state index >= 15 is 0 Å². The first-order chi connectivity index (χ1) is 5.83. The van der Waals surface area contributed by atoms with Gasteiger partial charge in [0.1, 0.15) is 0 Å². The zero-order chi connectivity index (χ0) is 8.55. The van der Waals surface area contributed by atoms with Crippen LogP contribution in [0.25, 0.3) is 11.0 Å². The van der Waals surface area contributed by atoms with Crippen molar-refractivity contribution < 1.29 is 9.32 Å². The maximum absolute atomic E-state index is 10.5. The minimum Gasteiger partial charge on any atom is -0.355 e. The smallest absolute Gasteiger partial charge is 0.180 e. The summed E-state index contributed by atoms with van der Waals surface area (Å²) >= 11 is 0. The molecule has 0 unspecified atom stereocenters. The van der Waals surface area contributed by atoms with E-state index in [1.807, 2.05) is 6.92 Å². The highest BCUT2D eigenvalue weighted by atomic mass is 16.5. The van der Waals surface area contributed by atoms with E-state index in [0.717, 1.165) is 11.1 Å². The Morgan fingerprint density at radius 2 is 2.33 bits per heavy atom. The number of aryl methyl sites for hydroxylation is 1. The highest BCUT2D eigenvalue weighted by molar-refractivity contribution is 5.94. The molecule has 0 aliphatic heterocycles. The van der Waals surface area contributed by atoms with Crippen molar-refractivity contribution in [2.24, 2.45) is 0 Å². The summed E-state index contributed by atoms with van der Waals surface area (Å²) in [5, 5.41) is 4.52. The number of pyridine rings is 1. The van der Waals surface area contributed by atoms with Gasteiger partial charge in [0, 0.05) is 12.4 Å². The zero-order valence-electron chi connectivity index (χ0n) is 6.44. The predicted octanol–water partition coefficient (Wildman–Crippen LogP) is 1.34. The SMILES string of the molecule is Cc1noc2c(C=O)cncc12. The Morgan fingerprint density at radius 3 is 3.08 bits per heavy atom. The van der Waals surface area contributed by atoms with Crippen LogP contribution < -0.4 is 0 Å². The summed E-state index contributed by atoms with van der Waals surface area (Å²) in [5.74, 6) is 0. The van der Waals surface area contributed by atoms with Gasteiger partial charge in [-0.25, -0.2) is 0 Å². The molecule has 0 spiro atoms. The van der Waals surface area contributed by atoms with E-state index in [1.165, 1.54) is 6.20 Å². The van der Waals surface area contributed by atoms with E-state index in [1.54, 1.807) is 6.20 Å². The topological polar surface area (TPSA) is 56.0 Å². The molecule has 4 heteroatoms. The molecule has 4 nitrogen and oxygen atoms in total. The summed E-state index contributed by atoms with van der Waals surface area (Å²) in [6.45, 7) is 1.81. The molecule has 0 bridgehead atoms. The van der Waals surface area contributed by atoms with Crippen LogP contribution in [0.4, 0.5) is 0 Å². The lowest BCUT2D eigenvalue weighted by Crippen LogP contribution is -1.82. The van der Waals surface area contributed by atoms with Crippen LogP contribution in [0.3, 0.4) is 0 Å². The van der Waals surface area contributed by atoms with Crippen LogP contribution in [0.2, 0.25) is 0 Å². The standard InChI is InChI=1S/C8H6N2O2/c1-5-7-3-9-2-6(4-11)8(7)12-10-5/h2-4H,1H3. The fraction of sp³-hybridized carbons (Fsp3) is 0.125. The van der Waals surface area contributed by atoms with Gasteiger partial charge in [-0.3, -0.25) is 9.78 Å². The van der Waals surface area contributed by atoms with E-state index in [4.69, 9.17) is 4.52 Å². The minimum absolute atomic E-state index is 0.438. The van der Waals surface area contributed by atoms with E-state index in [-0.39, 0.29) is 0 Å². The molecule has 2 rings (SSSR count). The summed E-state index contributed by atoms with van der Waals surface area (Å²) in [6.07, 6.45) is 3.80. The van der Waals surface area contributed by atoms with Crippen LogP contribution >= 0.6 is 0 Å². The molecular weight excluding hydrogens is 156 g/mol. The van der Waals surface area contributed by atoms with E-state index in [9.17, 15) is 4.79 Å². The molecule has 2 aromatic heterocycles. The maximum atomic E-state index is 10.5. The van der Waals surface area contributed by atoms with E-state index in [0.29, 0.717) is 17.4 Å². The third kappa shape index (κ3) is 0.812. The van der Waals surface area contributed by atoms with Crippen LogP contribution in [0.1, 0.15) is 16.1 Å². The summed E-state index contributed by atoms with van der Waals surface area (Å²) in [4.78, 5) is 14.4. The summed E-state index contributed by atoms with van der Waals surface area (Å²) in [7, 11) is 0. The zero-order valence-corrected chi connectivity index (χ0v) is 6.44. The first-order valence-corrected chi connectivity index (χ1v) is 3.48. The van der Waals surface area contributed by atoms with E-state index < -0.39 is 0 Å². The summed E-state index contributed by atoms with van der Waals surface area (Å²) in [6, 6.07) is 0. The number of aldehydes is 1. The highest BCUT2D eigenvalue weighted by Gasteiger charge is 2.07. The molecule has 0 N–H and O–H groups in total. The Kier molecular flexibility index (Phi) is 1.40. The third-order valence-electron chi connectivity index (χ3n) is 1.71. The molecule has 0 atom stereocenters. The Bertz CT molecular complexity index is 434. The normalized spacial score (nSPS) is 10.4. The monoisotopic (exact) mass is 162 g/mol. The molecule has 0 saturated carbocycles. The highest BCUT2D eigenvalue weighted by Crippen LogP contribution is 2.18.